The minimum atomic E-state index is -1.06. The van der Waals surface area contributed by atoms with Gasteiger partial charge < -0.3 is 9.84 Å². The number of hydrogen-bond acceptors (Lipinski definition) is 2. The predicted octanol–water partition coefficient (Wildman–Crippen LogP) is -0.322. The Kier molecular flexibility index (Phi) is 2.53. The van der Waals surface area contributed by atoms with Crippen molar-refractivity contribution < 1.29 is 14.6 Å². The molecule has 0 unspecified atom stereocenters. The van der Waals surface area contributed by atoms with E-state index in [1.165, 1.54) is 0 Å². The molecule has 7 heavy (non-hydrogen) atoms. The van der Waals surface area contributed by atoms with Crippen LogP contribution in [0.5, 0.6) is 0 Å². The van der Waals surface area contributed by atoms with Crippen LogP contribution in [-0.4, -0.2) is 17.7 Å². The van der Waals surface area contributed by atoms with Gasteiger partial charge in [-0.1, -0.05) is 6.42 Å². The smallest absolute Gasteiger partial charge is 0.342 e. The molecule has 0 aromatic rings. The SMILES string of the molecule is C#COCC(=O)O. The normalized spacial score (nSPS) is 6.71. The highest BCUT2D eigenvalue weighted by molar-refractivity contribution is 5.68. The van der Waals surface area contributed by atoms with Crippen LogP contribution < -0.4 is 0 Å². The van der Waals surface area contributed by atoms with E-state index in [-0.39, 0.29) is 0 Å². The van der Waals surface area contributed by atoms with Crippen molar-refractivity contribution in [2.24, 2.45) is 0 Å². The molecule has 0 fully saturated rings. The number of carboxylic acid groups (broad SMARTS) is 1. The van der Waals surface area contributed by atoms with Crippen molar-refractivity contribution in [3.8, 4) is 12.5 Å². The Hall–Kier alpha value is -1.17. The van der Waals surface area contributed by atoms with Crippen LogP contribution in [0.3, 0.4) is 0 Å². The molecule has 0 bridgehead atoms. The van der Waals surface area contributed by atoms with Crippen LogP contribution >= 0.6 is 0 Å². The third kappa shape index (κ3) is 4.83. The van der Waals surface area contributed by atoms with E-state index < -0.39 is 12.6 Å². The van der Waals surface area contributed by atoms with Gasteiger partial charge in [-0.15, -0.1) is 0 Å². The first-order valence-electron chi connectivity index (χ1n) is 1.56. The quantitative estimate of drug-likeness (QED) is 0.483. The summed E-state index contributed by atoms with van der Waals surface area (Å²) in [6.07, 6.45) is 6.26. The molecular weight excluding hydrogens is 96.0 g/mol. The Labute approximate surface area is 40.9 Å². The number of carboxylic acids is 1. The van der Waals surface area contributed by atoms with Crippen LogP contribution in [0.2, 0.25) is 0 Å². The van der Waals surface area contributed by atoms with E-state index in [1.54, 1.807) is 6.11 Å². The maximum absolute atomic E-state index is 9.54. The van der Waals surface area contributed by atoms with Crippen molar-refractivity contribution in [3.05, 3.63) is 0 Å². The summed E-state index contributed by atoms with van der Waals surface area (Å²) >= 11 is 0. The zero-order chi connectivity index (χ0) is 5.70. The molecule has 0 aliphatic rings. The lowest BCUT2D eigenvalue weighted by Crippen LogP contribution is -2.02. The van der Waals surface area contributed by atoms with Gasteiger partial charge >= 0.3 is 5.97 Å². The van der Waals surface area contributed by atoms with Gasteiger partial charge in [0.05, 0.1) is 0 Å². The molecule has 3 heteroatoms. The summed E-state index contributed by atoms with van der Waals surface area (Å²) in [5, 5.41) is 7.82. The summed E-state index contributed by atoms with van der Waals surface area (Å²) in [6, 6.07) is 0. The van der Waals surface area contributed by atoms with Crippen LogP contribution in [0.1, 0.15) is 0 Å². The predicted molar refractivity (Wildman–Crippen MR) is 22.4 cm³/mol. The molecule has 0 saturated heterocycles. The van der Waals surface area contributed by atoms with Gasteiger partial charge in [0.1, 0.15) is 6.11 Å². The fraction of sp³-hybridized carbons (Fsp3) is 0.250. The van der Waals surface area contributed by atoms with Gasteiger partial charge in [-0.25, -0.2) is 4.79 Å². The van der Waals surface area contributed by atoms with E-state index in [2.05, 4.69) is 11.2 Å². The molecule has 0 aromatic heterocycles. The first kappa shape index (κ1) is 5.83. The Morgan fingerprint density at radius 3 is 2.71 bits per heavy atom. The fourth-order valence-corrected chi connectivity index (χ4v) is 0.103. The topological polar surface area (TPSA) is 46.5 Å². The highest BCUT2D eigenvalue weighted by Gasteiger charge is 1.90. The second-order valence-corrected chi connectivity index (χ2v) is 0.800. The minimum Gasteiger partial charge on any atom is -0.479 e. The molecule has 3 nitrogen and oxygen atoms in total. The molecule has 0 spiro atoms. The van der Waals surface area contributed by atoms with Crippen molar-refractivity contribution in [3.63, 3.8) is 0 Å². The Bertz CT molecular complexity index is 100.0. The summed E-state index contributed by atoms with van der Waals surface area (Å²) in [4.78, 5) is 9.54. The average Bonchev–Trinajstić information content (AvgIpc) is 1.61. The van der Waals surface area contributed by atoms with E-state index in [9.17, 15) is 4.79 Å². The van der Waals surface area contributed by atoms with E-state index in [0.717, 1.165) is 0 Å². The molecule has 0 rings (SSSR count). The number of ether oxygens (including phenoxy) is 1. The van der Waals surface area contributed by atoms with Gasteiger partial charge in [0.25, 0.3) is 0 Å². The monoisotopic (exact) mass is 100 g/mol. The van der Waals surface area contributed by atoms with Crippen molar-refractivity contribution in [2.75, 3.05) is 6.61 Å². The number of aliphatic carboxylic acids is 1. The van der Waals surface area contributed by atoms with Crippen LogP contribution in [0, 0.1) is 12.5 Å². The highest BCUT2D eigenvalue weighted by atomic mass is 16.5. The van der Waals surface area contributed by atoms with Crippen LogP contribution in [0.4, 0.5) is 0 Å². The van der Waals surface area contributed by atoms with Gasteiger partial charge in [0.15, 0.2) is 6.61 Å². The van der Waals surface area contributed by atoms with Gasteiger partial charge in [-0.05, 0) is 0 Å². The zero-order valence-electron chi connectivity index (χ0n) is 3.55. The Balaban J connectivity index is 3.02. The summed E-state index contributed by atoms with van der Waals surface area (Å²) in [5.74, 6) is -1.06. The summed E-state index contributed by atoms with van der Waals surface area (Å²) in [6.45, 7) is -0.420. The van der Waals surface area contributed by atoms with Crippen LogP contribution in [-0.2, 0) is 9.53 Å². The molecule has 0 heterocycles. The van der Waals surface area contributed by atoms with Gasteiger partial charge in [-0.3, -0.25) is 0 Å². The molecular formula is C4H4O3. The second kappa shape index (κ2) is 3.04. The highest BCUT2D eigenvalue weighted by Crippen LogP contribution is 1.65. The maximum atomic E-state index is 9.54. The summed E-state index contributed by atoms with van der Waals surface area (Å²) in [5.41, 5.74) is 0. The third-order valence-corrected chi connectivity index (χ3v) is 0.279. The first-order valence-corrected chi connectivity index (χ1v) is 1.56. The van der Waals surface area contributed by atoms with Crippen molar-refractivity contribution in [1.82, 2.24) is 0 Å². The first-order chi connectivity index (χ1) is 3.27. The van der Waals surface area contributed by atoms with E-state index in [4.69, 9.17) is 5.11 Å². The average molecular weight is 100 g/mol. The van der Waals surface area contributed by atoms with E-state index in [1.807, 2.05) is 0 Å². The van der Waals surface area contributed by atoms with Crippen LogP contribution in [0.25, 0.3) is 0 Å². The molecule has 38 valence electrons. The number of rotatable bonds is 2. The van der Waals surface area contributed by atoms with Crippen molar-refractivity contribution in [2.45, 2.75) is 0 Å². The van der Waals surface area contributed by atoms with E-state index >= 15 is 0 Å². The maximum Gasteiger partial charge on any atom is 0.342 e. The van der Waals surface area contributed by atoms with Crippen molar-refractivity contribution >= 4 is 5.97 Å². The van der Waals surface area contributed by atoms with Gasteiger partial charge in [0, 0.05) is 0 Å². The molecule has 1 N–H and O–H groups in total. The zero-order valence-corrected chi connectivity index (χ0v) is 3.55. The standard InChI is InChI=1S/C4H4O3/c1-2-7-3-4(5)6/h1H,3H2,(H,5,6). The largest absolute Gasteiger partial charge is 0.479 e. The Morgan fingerprint density at radius 2 is 2.57 bits per heavy atom. The van der Waals surface area contributed by atoms with E-state index in [0.29, 0.717) is 0 Å². The van der Waals surface area contributed by atoms with Crippen LogP contribution in [0.15, 0.2) is 0 Å². The number of terminal acetylenes is 1. The molecule has 0 aromatic carbocycles. The molecule has 0 saturated carbocycles. The molecule has 0 amide bonds. The van der Waals surface area contributed by atoms with Crippen molar-refractivity contribution in [1.29, 1.82) is 0 Å². The lowest BCUT2D eigenvalue weighted by Gasteiger charge is -1.85. The fourth-order valence-electron chi connectivity index (χ4n) is 0.103. The Morgan fingerprint density at radius 1 is 2.00 bits per heavy atom. The summed E-state index contributed by atoms with van der Waals surface area (Å²) < 4.78 is 4.02. The molecule has 0 aliphatic heterocycles. The van der Waals surface area contributed by atoms with Gasteiger partial charge in [0.2, 0.25) is 0 Å². The second-order valence-electron chi connectivity index (χ2n) is 0.800. The molecule has 0 atom stereocenters. The number of carbonyl (C=O) groups is 1. The lowest BCUT2D eigenvalue weighted by molar-refractivity contribution is -0.139. The molecule has 0 radical (unpaired) electrons. The lowest BCUT2D eigenvalue weighted by atomic mass is 10.8. The minimum absolute atomic E-state index is 0.420. The summed E-state index contributed by atoms with van der Waals surface area (Å²) in [7, 11) is 0. The third-order valence-electron chi connectivity index (χ3n) is 0.279. The molecule has 0 aliphatic carbocycles. The van der Waals surface area contributed by atoms with Gasteiger partial charge in [-0.2, -0.15) is 0 Å². The number of hydrogen-bond donors (Lipinski definition) is 1.